The maximum atomic E-state index is 4.66. The molecule has 0 atom stereocenters. The summed E-state index contributed by atoms with van der Waals surface area (Å²) in [7, 11) is 0. The van der Waals surface area contributed by atoms with Gasteiger partial charge in [0.2, 0.25) is 0 Å². The monoisotopic (exact) mass is 198 g/mol. The van der Waals surface area contributed by atoms with Crippen LogP contribution < -0.4 is 0 Å². The van der Waals surface area contributed by atoms with Gasteiger partial charge >= 0.3 is 0 Å². The van der Waals surface area contributed by atoms with Gasteiger partial charge in [0.05, 0.1) is 5.69 Å². The lowest BCUT2D eigenvalue weighted by Crippen LogP contribution is -1.87. The summed E-state index contributed by atoms with van der Waals surface area (Å²) >= 11 is 0. The van der Waals surface area contributed by atoms with Crippen LogP contribution in [0.1, 0.15) is 0 Å². The molecule has 0 amide bonds. The van der Waals surface area contributed by atoms with Crippen LogP contribution in [-0.2, 0) is 0 Å². The molecule has 0 saturated heterocycles. The molecule has 3 aromatic rings. The van der Waals surface area contributed by atoms with E-state index in [1.54, 1.807) is 6.20 Å². The van der Waals surface area contributed by atoms with E-state index in [-0.39, 0.29) is 0 Å². The van der Waals surface area contributed by atoms with E-state index in [0.29, 0.717) is 17.0 Å². The number of rotatable bonds is 1. The molecule has 0 N–H and O–H groups in total. The van der Waals surface area contributed by atoms with E-state index >= 15 is 0 Å². The highest BCUT2D eigenvalue weighted by Gasteiger charge is 2.04. The van der Waals surface area contributed by atoms with Crippen molar-refractivity contribution >= 4 is 11.0 Å². The minimum absolute atomic E-state index is 0.613. The fraction of sp³-hybridized carbons (Fsp3) is 0. The molecule has 3 heterocycles. The largest absolute Gasteiger partial charge is 0.345 e. The Balaban J connectivity index is 2.22. The van der Waals surface area contributed by atoms with Crippen molar-refractivity contribution in [2.75, 3.05) is 0 Å². The van der Waals surface area contributed by atoms with Crippen LogP contribution in [0.4, 0.5) is 0 Å². The minimum atomic E-state index is 0.613. The molecule has 0 aromatic carbocycles. The number of aromatic nitrogens is 4. The van der Waals surface area contributed by atoms with Gasteiger partial charge in [-0.25, -0.2) is 9.97 Å². The second-order valence-electron chi connectivity index (χ2n) is 3.04. The van der Waals surface area contributed by atoms with Crippen LogP contribution in [0.3, 0.4) is 0 Å². The fourth-order valence-corrected chi connectivity index (χ4v) is 1.37. The van der Waals surface area contributed by atoms with Gasteiger partial charge in [0.25, 0.3) is 0 Å². The quantitative estimate of drug-likeness (QED) is 0.595. The lowest BCUT2D eigenvalue weighted by atomic mass is 10.2. The molecule has 0 aliphatic heterocycles. The van der Waals surface area contributed by atoms with E-state index in [1.807, 2.05) is 24.3 Å². The summed E-state index contributed by atoms with van der Waals surface area (Å²) in [6, 6.07) is 7.64. The first kappa shape index (κ1) is 8.05. The summed E-state index contributed by atoms with van der Waals surface area (Å²) in [4.78, 5) is 8.51. The minimum Gasteiger partial charge on any atom is -0.345 e. The normalized spacial score (nSPS) is 10.7. The first-order valence-electron chi connectivity index (χ1n) is 4.43. The zero-order valence-electron chi connectivity index (χ0n) is 7.66. The average molecular weight is 198 g/mol. The second kappa shape index (κ2) is 3.13. The van der Waals surface area contributed by atoms with Crippen molar-refractivity contribution in [3.05, 3.63) is 36.7 Å². The van der Waals surface area contributed by atoms with Gasteiger partial charge in [-0.3, -0.25) is 0 Å². The zero-order chi connectivity index (χ0) is 10.1. The van der Waals surface area contributed by atoms with Gasteiger partial charge < -0.3 is 4.52 Å². The summed E-state index contributed by atoms with van der Waals surface area (Å²) in [5, 5.41) is 8.18. The first-order valence-corrected chi connectivity index (χ1v) is 4.43. The Labute approximate surface area is 84.8 Å². The fourth-order valence-electron chi connectivity index (χ4n) is 1.37. The molecule has 72 valence electrons. The summed E-state index contributed by atoms with van der Waals surface area (Å²) in [5.41, 5.74) is 2.02. The van der Waals surface area contributed by atoms with Gasteiger partial charge in [-0.15, -0.1) is 5.10 Å². The molecule has 5 heteroatoms. The van der Waals surface area contributed by atoms with Crippen LogP contribution in [0.5, 0.6) is 0 Å². The van der Waals surface area contributed by atoms with Crippen molar-refractivity contribution in [1.82, 2.24) is 20.3 Å². The molecule has 0 radical (unpaired) electrons. The Bertz CT molecular complexity index is 591. The predicted molar refractivity (Wildman–Crippen MR) is 52.8 cm³/mol. The zero-order valence-corrected chi connectivity index (χ0v) is 7.66. The number of hydrogen-bond donors (Lipinski definition) is 0. The van der Waals surface area contributed by atoms with E-state index in [1.165, 1.54) is 6.26 Å². The second-order valence-corrected chi connectivity index (χ2v) is 3.04. The van der Waals surface area contributed by atoms with Gasteiger partial charge in [0.1, 0.15) is 0 Å². The van der Waals surface area contributed by atoms with E-state index in [4.69, 9.17) is 0 Å². The molecule has 0 aliphatic carbocycles. The SMILES string of the molecule is c1cnc2nc(-c3conn3)ccc2c1. The molecule has 0 fully saturated rings. The lowest BCUT2D eigenvalue weighted by Gasteiger charge is -1.97. The van der Waals surface area contributed by atoms with Crippen LogP contribution in [0.2, 0.25) is 0 Å². The Morgan fingerprint density at radius 3 is 2.93 bits per heavy atom. The summed E-state index contributed by atoms with van der Waals surface area (Å²) < 4.78 is 4.66. The van der Waals surface area contributed by atoms with Crippen molar-refractivity contribution in [1.29, 1.82) is 0 Å². The van der Waals surface area contributed by atoms with E-state index in [9.17, 15) is 0 Å². The number of fused-ring (bicyclic) bond motifs is 1. The van der Waals surface area contributed by atoms with Crippen molar-refractivity contribution < 1.29 is 4.52 Å². The third kappa shape index (κ3) is 1.34. The number of pyridine rings is 2. The molecular weight excluding hydrogens is 192 g/mol. The summed E-state index contributed by atoms with van der Waals surface area (Å²) in [5.74, 6) is 0. The maximum absolute atomic E-state index is 4.66. The number of nitrogens with zero attached hydrogens (tertiary/aromatic N) is 4. The highest BCUT2D eigenvalue weighted by atomic mass is 16.5. The van der Waals surface area contributed by atoms with Crippen molar-refractivity contribution in [3.63, 3.8) is 0 Å². The molecule has 0 bridgehead atoms. The van der Waals surface area contributed by atoms with E-state index in [0.717, 1.165) is 5.39 Å². The van der Waals surface area contributed by atoms with Gasteiger partial charge in [-0.05, 0) is 24.3 Å². The van der Waals surface area contributed by atoms with Crippen LogP contribution in [0.25, 0.3) is 22.4 Å². The molecule has 0 saturated carbocycles. The van der Waals surface area contributed by atoms with Crippen molar-refractivity contribution in [3.8, 4) is 11.4 Å². The molecule has 3 rings (SSSR count). The molecule has 5 nitrogen and oxygen atoms in total. The van der Waals surface area contributed by atoms with Gasteiger partial charge in [-0.2, -0.15) is 0 Å². The number of hydrogen-bond acceptors (Lipinski definition) is 5. The summed E-state index contributed by atoms with van der Waals surface area (Å²) in [6.07, 6.45) is 3.16. The first-order chi connectivity index (χ1) is 7.43. The van der Waals surface area contributed by atoms with E-state index in [2.05, 4.69) is 24.9 Å². The van der Waals surface area contributed by atoms with Crippen LogP contribution in [0.15, 0.2) is 41.2 Å². The molecule has 3 aromatic heterocycles. The molecule has 15 heavy (non-hydrogen) atoms. The highest BCUT2D eigenvalue weighted by molar-refractivity contribution is 5.77. The predicted octanol–water partition coefficient (Wildman–Crippen LogP) is 1.68. The molecule has 0 aliphatic rings. The van der Waals surface area contributed by atoms with Crippen molar-refractivity contribution in [2.45, 2.75) is 0 Å². The Morgan fingerprint density at radius 1 is 1.07 bits per heavy atom. The Hall–Kier alpha value is -2.30. The molecule has 0 spiro atoms. The van der Waals surface area contributed by atoms with Crippen LogP contribution in [-0.4, -0.2) is 20.3 Å². The average Bonchev–Trinajstić information content (AvgIpc) is 2.82. The Kier molecular flexibility index (Phi) is 1.68. The summed E-state index contributed by atoms with van der Waals surface area (Å²) in [6.45, 7) is 0. The maximum Gasteiger partial charge on any atom is 0.159 e. The smallest absolute Gasteiger partial charge is 0.159 e. The highest BCUT2D eigenvalue weighted by Crippen LogP contribution is 2.16. The Morgan fingerprint density at radius 2 is 2.07 bits per heavy atom. The van der Waals surface area contributed by atoms with Crippen molar-refractivity contribution in [2.24, 2.45) is 0 Å². The topological polar surface area (TPSA) is 64.7 Å². The van der Waals surface area contributed by atoms with Crippen LogP contribution >= 0.6 is 0 Å². The van der Waals surface area contributed by atoms with Gasteiger partial charge in [0.15, 0.2) is 17.6 Å². The van der Waals surface area contributed by atoms with Gasteiger partial charge in [-0.1, -0.05) is 0 Å². The third-order valence-corrected chi connectivity index (χ3v) is 2.09. The van der Waals surface area contributed by atoms with Gasteiger partial charge in [0, 0.05) is 16.9 Å². The van der Waals surface area contributed by atoms with Crippen LogP contribution in [0, 0.1) is 0 Å². The third-order valence-electron chi connectivity index (χ3n) is 2.09. The van der Waals surface area contributed by atoms with E-state index < -0.39 is 0 Å². The molecular formula is C10H6N4O. The molecule has 0 unspecified atom stereocenters. The standard InChI is InChI=1S/C10H6N4O/c1-2-7-3-4-8(9-6-15-14-13-9)12-10(7)11-5-1/h1-6H. The lowest BCUT2D eigenvalue weighted by molar-refractivity contribution is 0.393.